The lowest BCUT2D eigenvalue weighted by Gasteiger charge is -2.34. The van der Waals surface area contributed by atoms with E-state index in [0.717, 1.165) is 44.2 Å². The zero-order valence-electron chi connectivity index (χ0n) is 17.0. The zero-order valence-corrected chi connectivity index (χ0v) is 17.9. The molecule has 1 amide bonds. The lowest BCUT2D eigenvalue weighted by atomic mass is 10.1. The molecule has 2 aromatic rings. The van der Waals surface area contributed by atoms with Crippen molar-refractivity contribution in [2.24, 2.45) is 0 Å². The van der Waals surface area contributed by atoms with Gasteiger partial charge < -0.3 is 15.1 Å². The molecule has 0 radical (unpaired) electrons. The van der Waals surface area contributed by atoms with E-state index in [1.807, 2.05) is 11.8 Å². The quantitative estimate of drug-likeness (QED) is 0.669. The first-order valence-corrected chi connectivity index (χ1v) is 11.3. The van der Waals surface area contributed by atoms with Crippen LogP contribution in [0.3, 0.4) is 0 Å². The molecule has 1 saturated heterocycles. The molecule has 0 atom stereocenters. The highest BCUT2D eigenvalue weighted by Gasteiger charge is 2.22. The van der Waals surface area contributed by atoms with Crippen molar-refractivity contribution in [2.75, 3.05) is 49.9 Å². The Morgan fingerprint density at radius 3 is 2.50 bits per heavy atom. The maximum absolute atomic E-state index is 12.2. The number of carbonyl (C=O) groups excluding carboxylic acids is 1. The number of hydrogen-bond donors (Lipinski definition) is 2. The zero-order chi connectivity index (χ0) is 19.8. The van der Waals surface area contributed by atoms with Crippen LogP contribution in [0.4, 0.5) is 5.69 Å². The number of thioether (sulfide) groups is 1. The van der Waals surface area contributed by atoms with Gasteiger partial charge in [0.1, 0.15) is 0 Å². The molecule has 0 unspecified atom stereocenters. The molecule has 150 valence electrons. The van der Waals surface area contributed by atoms with E-state index in [9.17, 15) is 4.79 Å². The average Bonchev–Trinajstić information content (AvgIpc) is 2.70. The summed E-state index contributed by atoms with van der Waals surface area (Å²) >= 11 is 1.87. The number of nitrogens with one attached hydrogen (secondary N) is 2. The van der Waals surface area contributed by atoms with Crippen LogP contribution in [-0.2, 0) is 10.5 Å². The summed E-state index contributed by atoms with van der Waals surface area (Å²) in [7, 11) is 0. The van der Waals surface area contributed by atoms with Gasteiger partial charge in [0.25, 0.3) is 5.91 Å². The Morgan fingerprint density at radius 2 is 1.79 bits per heavy atom. The number of benzene rings is 2. The van der Waals surface area contributed by atoms with Crippen molar-refractivity contribution in [2.45, 2.75) is 19.6 Å². The highest BCUT2D eigenvalue weighted by molar-refractivity contribution is 7.98. The molecule has 2 aromatic carbocycles. The molecule has 1 aliphatic rings. The Balaban J connectivity index is 1.29. The maximum atomic E-state index is 12.2. The van der Waals surface area contributed by atoms with Crippen LogP contribution in [0.2, 0.25) is 0 Å². The van der Waals surface area contributed by atoms with Gasteiger partial charge in [0, 0.05) is 23.7 Å². The van der Waals surface area contributed by atoms with Gasteiger partial charge in [-0.25, -0.2) is 0 Å². The Labute approximate surface area is 173 Å². The molecular weight excluding hydrogens is 366 g/mol. The molecule has 1 heterocycles. The minimum absolute atomic E-state index is 0.176. The van der Waals surface area contributed by atoms with Crippen LogP contribution in [0, 0.1) is 13.8 Å². The van der Waals surface area contributed by atoms with E-state index in [4.69, 9.17) is 0 Å². The molecule has 1 fully saturated rings. The third kappa shape index (κ3) is 6.28. The van der Waals surface area contributed by atoms with Crippen molar-refractivity contribution in [3.8, 4) is 0 Å². The number of piperazine rings is 1. The second-order valence-corrected chi connectivity index (χ2v) is 8.69. The number of amides is 1. The molecule has 0 aromatic heterocycles. The fourth-order valence-electron chi connectivity index (χ4n) is 3.59. The van der Waals surface area contributed by atoms with Crippen LogP contribution in [0.1, 0.15) is 16.7 Å². The lowest BCUT2D eigenvalue weighted by molar-refractivity contribution is -0.892. The minimum atomic E-state index is 0.176. The smallest absolute Gasteiger partial charge is 0.275 e. The number of aryl methyl sites for hydroxylation is 2. The first kappa shape index (κ1) is 20.7. The highest BCUT2D eigenvalue weighted by atomic mass is 32.2. The molecule has 3 rings (SSSR count). The molecule has 0 aliphatic carbocycles. The van der Waals surface area contributed by atoms with Crippen LogP contribution < -0.4 is 15.1 Å². The van der Waals surface area contributed by atoms with Crippen molar-refractivity contribution < 1.29 is 9.69 Å². The van der Waals surface area contributed by atoms with Crippen LogP contribution in [-0.4, -0.2) is 50.9 Å². The Hall–Kier alpha value is -1.98. The topological polar surface area (TPSA) is 36.8 Å². The summed E-state index contributed by atoms with van der Waals surface area (Å²) in [6, 6.07) is 17.2. The lowest BCUT2D eigenvalue weighted by Crippen LogP contribution is -3.16. The van der Waals surface area contributed by atoms with E-state index in [0.29, 0.717) is 6.54 Å². The third-order valence-electron chi connectivity index (χ3n) is 5.30. The number of rotatable bonds is 8. The van der Waals surface area contributed by atoms with Crippen LogP contribution in [0.15, 0.2) is 48.5 Å². The average molecular weight is 399 g/mol. The maximum Gasteiger partial charge on any atom is 0.275 e. The third-order valence-corrected chi connectivity index (χ3v) is 6.33. The fraction of sp³-hybridized carbons (Fsp3) is 0.435. The van der Waals surface area contributed by atoms with Gasteiger partial charge in [-0.05, 0) is 31.0 Å². The van der Waals surface area contributed by atoms with Crippen molar-refractivity contribution in [1.82, 2.24) is 5.32 Å². The van der Waals surface area contributed by atoms with Crippen LogP contribution in [0.25, 0.3) is 0 Å². The Morgan fingerprint density at radius 1 is 1.07 bits per heavy atom. The van der Waals surface area contributed by atoms with Crippen molar-refractivity contribution in [3.63, 3.8) is 0 Å². The number of para-hydroxylation sites is 1. The summed E-state index contributed by atoms with van der Waals surface area (Å²) in [5.74, 6) is 2.13. The molecule has 0 bridgehead atoms. The highest BCUT2D eigenvalue weighted by Crippen LogP contribution is 2.18. The summed E-state index contributed by atoms with van der Waals surface area (Å²) in [6.07, 6.45) is 0. The Bertz CT molecular complexity index is 755. The molecule has 28 heavy (non-hydrogen) atoms. The molecule has 0 spiro atoms. The fourth-order valence-corrected chi connectivity index (χ4v) is 4.40. The summed E-state index contributed by atoms with van der Waals surface area (Å²) < 4.78 is 0. The van der Waals surface area contributed by atoms with Crippen LogP contribution >= 0.6 is 11.8 Å². The number of carbonyl (C=O) groups is 1. The second kappa shape index (κ2) is 10.5. The molecule has 2 N–H and O–H groups in total. The van der Waals surface area contributed by atoms with Crippen molar-refractivity contribution >= 4 is 23.4 Å². The normalized spacial score (nSPS) is 14.9. The van der Waals surface area contributed by atoms with Gasteiger partial charge in [0.2, 0.25) is 0 Å². The second-order valence-electron chi connectivity index (χ2n) is 7.59. The standard InChI is InChI=1S/C23H31N3OS/c1-19-7-9-21(10-8-19)18-28-16-11-24-23(27)17-25-12-14-26(15-13-25)22-6-4-3-5-20(22)2/h3-10H,11-18H2,1-2H3,(H,24,27)/p+1. The van der Waals surface area contributed by atoms with Gasteiger partial charge in [0.15, 0.2) is 6.54 Å². The van der Waals surface area contributed by atoms with Gasteiger partial charge in [-0.1, -0.05) is 48.0 Å². The van der Waals surface area contributed by atoms with Crippen molar-refractivity contribution in [3.05, 3.63) is 65.2 Å². The molecule has 5 heteroatoms. The van der Waals surface area contributed by atoms with Gasteiger partial charge in [-0.2, -0.15) is 11.8 Å². The number of quaternary nitrogens is 1. The first-order valence-electron chi connectivity index (χ1n) is 10.2. The van der Waals surface area contributed by atoms with E-state index in [1.54, 1.807) is 0 Å². The SMILES string of the molecule is Cc1ccc(CSCCNC(=O)C[NH+]2CCN(c3ccccc3C)CC2)cc1. The summed E-state index contributed by atoms with van der Waals surface area (Å²) in [5, 5.41) is 3.08. The monoisotopic (exact) mass is 398 g/mol. The Kier molecular flexibility index (Phi) is 7.80. The minimum Gasteiger partial charge on any atom is -0.360 e. The summed E-state index contributed by atoms with van der Waals surface area (Å²) in [6.45, 7) is 9.67. The van der Waals surface area contributed by atoms with Gasteiger partial charge in [0.05, 0.1) is 26.2 Å². The molecular formula is C23H32N3OS+. The van der Waals surface area contributed by atoms with E-state index in [2.05, 4.69) is 72.6 Å². The summed E-state index contributed by atoms with van der Waals surface area (Å²) in [5.41, 5.74) is 5.30. The van der Waals surface area contributed by atoms with E-state index >= 15 is 0 Å². The van der Waals surface area contributed by atoms with E-state index in [1.165, 1.54) is 27.3 Å². The van der Waals surface area contributed by atoms with E-state index in [-0.39, 0.29) is 5.91 Å². The van der Waals surface area contributed by atoms with Gasteiger partial charge in [-0.15, -0.1) is 0 Å². The predicted octanol–water partition coefficient (Wildman–Crippen LogP) is 2.06. The van der Waals surface area contributed by atoms with Crippen LogP contribution in [0.5, 0.6) is 0 Å². The molecule has 0 saturated carbocycles. The summed E-state index contributed by atoms with van der Waals surface area (Å²) in [4.78, 5) is 16.1. The number of nitrogens with zero attached hydrogens (tertiary/aromatic N) is 1. The van der Waals surface area contributed by atoms with Crippen molar-refractivity contribution in [1.29, 1.82) is 0 Å². The number of hydrogen-bond acceptors (Lipinski definition) is 3. The molecule has 4 nitrogen and oxygen atoms in total. The van der Waals surface area contributed by atoms with Gasteiger partial charge in [-0.3, -0.25) is 4.79 Å². The van der Waals surface area contributed by atoms with E-state index < -0.39 is 0 Å². The first-order chi connectivity index (χ1) is 13.6. The molecule has 1 aliphatic heterocycles. The number of anilines is 1. The predicted molar refractivity (Wildman–Crippen MR) is 119 cm³/mol. The van der Waals surface area contributed by atoms with Gasteiger partial charge >= 0.3 is 0 Å². The largest absolute Gasteiger partial charge is 0.360 e.